The number of amides is 3. The molecule has 3 amide bonds. The normalized spacial score (nSPS) is 28.3. The fraction of sp³-hybridized carbons (Fsp3) is 0.812. The average Bonchev–Trinajstić information content (AvgIpc) is 2.78. The van der Waals surface area contributed by atoms with E-state index in [1.54, 1.807) is 0 Å². The van der Waals surface area contributed by atoms with E-state index in [1.165, 1.54) is 4.90 Å². The first-order chi connectivity index (χ1) is 11.0. The molecule has 1 saturated heterocycles. The first kappa shape index (κ1) is 19.0. The smallest absolute Gasteiger partial charge is 0.242 e. The average molecular weight is 452 g/mol. The molecule has 1 aliphatic carbocycles. The van der Waals surface area contributed by atoms with Crippen molar-refractivity contribution < 1.29 is 14.4 Å². The first-order valence-electron chi connectivity index (χ1n) is 8.39. The molecular formula is C16H25IN2O3S. The van der Waals surface area contributed by atoms with Gasteiger partial charge in [-0.3, -0.25) is 19.3 Å². The van der Waals surface area contributed by atoms with Crippen molar-refractivity contribution in [3.63, 3.8) is 0 Å². The second-order valence-electron chi connectivity index (χ2n) is 6.47. The summed E-state index contributed by atoms with van der Waals surface area (Å²) < 4.78 is 1.12. The molecule has 0 aromatic carbocycles. The largest absolute Gasteiger partial charge is 0.356 e. The van der Waals surface area contributed by atoms with Crippen LogP contribution in [0.2, 0.25) is 0 Å². The van der Waals surface area contributed by atoms with Crippen LogP contribution in [-0.4, -0.2) is 45.4 Å². The van der Waals surface area contributed by atoms with Gasteiger partial charge in [0, 0.05) is 25.4 Å². The molecule has 1 N–H and O–H groups in total. The molecular weight excluding hydrogens is 427 g/mol. The number of nitrogens with one attached hydrogen (secondary N) is 1. The van der Waals surface area contributed by atoms with Crippen molar-refractivity contribution in [2.24, 2.45) is 11.8 Å². The van der Waals surface area contributed by atoms with E-state index in [0.717, 1.165) is 49.5 Å². The summed E-state index contributed by atoms with van der Waals surface area (Å²) in [6, 6.07) is 0. The van der Waals surface area contributed by atoms with Gasteiger partial charge in [0.25, 0.3) is 0 Å². The SMILES string of the molecule is O=C(NCCCCI)C1CCC(CN2C(=O)CC(S)C2=O)CC1. The van der Waals surface area contributed by atoms with Gasteiger partial charge in [0.2, 0.25) is 17.7 Å². The number of thiol groups is 1. The van der Waals surface area contributed by atoms with E-state index in [2.05, 4.69) is 40.5 Å². The molecule has 23 heavy (non-hydrogen) atoms. The van der Waals surface area contributed by atoms with Gasteiger partial charge in [-0.15, -0.1) is 0 Å². The predicted octanol–water partition coefficient (Wildman–Crippen LogP) is 2.18. The van der Waals surface area contributed by atoms with Crippen molar-refractivity contribution in [1.82, 2.24) is 10.2 Å². The molecule has 2 aliphatic rings. The molecule has 0 aromatic heterocycles. The lowest BCUT2D eigenvalue weighted by atomic mass is 9.81. The Morgan fingerprint density at radius 3 is 2.48 bits per heavy atom. The van der Waals surface area contributed by atoms with Crippen LogP contribution in [-0.2, 0) is 14.4 Å². The Morgan fingerprint density at radius 2 is 1.91 bits per heavy atom. The summed E-state index contributed by atoms with van der Waals surface area (Å²) in [5.41, 5.74) is 0. The number of nitrogens with zero attached hydrogens (tertiary/aromatic N) is 1. The van der Waals surface area contributed by atoms with Gasteiger partial charge >= 0.3 is 0 Å². The number of carbonyl (C=O) groups is 3. The van der Waals surface area contributed by atoms with Gasteiger partial charge in [-0.2, -0.15) is 12.6 Å². The molecule has 0 aromatic rings. The van der Waals surface area contributed by atoms with Crippen LogP contribution in [0.15, 0.2) is 0 Å². The summed E-state index contributed by atoms with van der Waals surface area (Å²) >= 11 is 6.49. The summed E-state index contributed by atoms with van der Waals surface area (Å²) in [6.45, 7) is 1.26. The van der Waals surface area contributed by atoms with E-state index < -0.39 is 5.25 Å². The van der Waals surface area contributed by atoms with E-state index in [0.29, 0.717) is 12.5 Å². The molecule has 0 bridgehead atoms. The number of carbonyl (C=O) groups excluding carboxylic acids is 3. The number of imide groups is 1. The summed E-state index contributed by atoms with van der Waals surface area (Å²) in [6.07, 6.45) is 5.90. The van der Waals surface area contributed by atoms with Crippen LogP contribution in [0.3, 0.4) is 0 Å². The third-order valence-corrected chi connectivity index (χ3v) is 5.90. The minimum absolute atomic E-state index is 0.0912. The van der Waals surface area contributed by atoms with Crippen LogP contribution in [0.25, 0.3) is 0 Å². The highest BCUT2D eigenvalue weighted by molar-refractivity contribution is 14.1. The number of hydrogen-bond acceptors (Lipinski definition) is 4. The van der Waals surface area contributed by atoms with Gasteiger partial charge in [-0.25, -0.2) is 0 Å². The zero-order valence-corrected chi connectivity index (χ0v) is 16.4. The number of alkyl halides is 1. The molecule has 0 radical (unpaired) electrons. The molecule has 130 valence electrons. The Kier molecular flexibility index (Phi) is 7.65. The van der Waals surface area contributed by atoms with Gasteiger partial charge in [0.15, 0.2) is 0 Å². The topological polar surface area (TPSA) is 66.5 Å². The Hall–Kier alpha value is -0.310. The number of rotatable bonds is 7. The van der Waals surface area contributed by atoms with Crippen molar-refractivity contribution in [3.05, 3.63) is 0 Å². The van der Waals surface area contributed by atoms with Gasteiger partial charge in [-0.1, -0.05) is 22.6 Å². The molecule has 1 heterocycles. The molecule has 2 fully saturated rings. The van der Waals surface area contributed by atoms with Crippen LogP contribution in [0, 0.1) is 11.8 Å². The van der Waals surface area contributed by atoms with E-state index in [4.69, 9.17) is 0 Å². The molecule has 2 rings (SSSR count). The van der Waals surface area contributed by atoms with Gasteiger partial charge in [-0.05, 0) is 48.9 Å². The third kappa shape index (κ3) is 5.34. The monoisotopic (exact) mass is 452 g/mol. The molecule has 1 atom stereocenters. The Balaban J connectivity index is 1.70. The lowest BCUT2D eigenvalue weighted by molar-refractivity contribution is -0.139. The van der Waals surface area contributed by atoms with Crippen molar-refractivity contribution in [3.8, 4) is 0 Å². The molecule has 7 heteroatoms. The first-order valence-corrected chi connectivity index (χ1v) is 10.4. The van der Waals surface area contributed by atoms with Crippen molar-refractivity contribution in [1.29, 1.82) is 0 Å². The van der Waals surface area contributed by atoms with Gasteiger partial charge < -0.3 is 5.32 Å². The molecule has 5 nitrogen and oxygen atoms in total. The van der Waals surface area contributed by atoms with Crippen LogP contribution in [0.5, 0.6) is 0 Å². The summed E-state index contributed by atoms with van der Waals surface area (Å²) in [4.78, 5) is 37.2. The minimum atomic E-state index is -0.466. The summed E-state index contributed by atoms with van der Waals surface area (Å²) in [5, 5.41) is 2.56. The highest BCUT2D eigenvalue weighted by atomic mass is 127. The standard InChI is InChI=1S/C16H25IN2O3S/c17-7-1-2-8-18-15(21)12-5-3-11(4-6-12)10-19-14(20)9-13(23)16(19)22/h11-13,23H,1-10H2,(H,18,21). The van der Waals surface area contributed by atoms with Crippen molar-refractivity contribution >= 4 is 52.9 Å². The molecule has 1 unspecified atom stereocenters. The number of halogens is 1. The second-order valence-corrected chi connectivity index (χ2v) is 8.17. The molecule has 0 spiro atoms. The van der Waals surface area contributed by atoms with Crippen LogP contribution < -0.4 is 5.32 Å². The van der Waals surface area contributed by atoms with E-state index in [1.807, 2.05) is 0 Å². The highest BCUT2D eigenvalue weighted by Crippen LogP contribution is 2.31. The highest BCUT2D eigenvalue weighted by Gasteiger charge is 2.38. The van der Waals surface area contributed by atoms with E-state index >= 15 is 0 Å². The quantitative estimate of drug-likeness (QED) is 0.205. The minimum Gasteiger partial charge on any atom is -0.356 e. The Bertz CT molecular complexity index is 453. The van der Waals surface area contributed by atoms with Gasteiger partial charge in [0.1, 0.15) is 0 Å². The lowest BCUT2D eigenvalue weighted by Gasteiger charge is -2.30. The summed E-state index contributed by atoms with van der Waals surface area (Å²) in [5.74, 6) is 0.317. The van der Waals surface area contributed by atoms with E-state index in [-0.39, 0.29) is 30.1 Å². The zero-order chi connectivity index (χ0) is 16.8. The Labute approximate surface area is 156 Å². The molecule has 1 saturated carbocycles. The zero-order valence-electron chi connectivity index (χ0n) is 13.3. The maximum atomic E-state index is 12.1. The number of likely N-dealkylation sites (tertiary alicyclic amines) is 1. The summed E-state index contributed by atoms with van der Waals surface area (Å²) in [7, 11) is 0. The van der Waals surface area contributed by atoms with Crippen LogP contribution in [0.1, 0.15) is 44.9 Å². The fourth-order valence-corrected chi connectivity index (χ4v) is 4.13. The van der Waals surface area contributed by atoms with Crippen LogP contribution >= 0.6 is 35.2 Å². The van der Waals surface area contributed by atoms with Crippen molar-refractivity contribution in [2.45, 2.75) is 50.2 Å². The lowest BCUT2D eigenvalue weighted by Crippen LogP contribution is -2.38. The third-order valence-electron chi connectivity index (χ3n) is 4.74. The van der Waals surface area contributed by atoms with Gasteiger partial charge in [0.05, 0.1) is 5.25 Å². The second kappa shape index (κ2) is 9.25. The van der Waals surface area contributed by atoms with Crippen LogP contribution in [0.4, 0.5) is 0 Å². The number of hydrogen-bond donors (Lipinski definition) is 2. The molecule has 1 aliphatic heterocycles. The van der Waals surface area contributed by atoms with Crippen molar-refractivity contribution in [2.75, 3.05) is 17.5 Å². The Morgan fingerprint density at radius 1 is 1.22 bits per heavy atom. The maximum absolute atomic E-state index is 12.1. The van der Waals surface area contributed by atoms with E-state index in [9.17, 15) is 14.4 Å². The maximum Gasteiger partial charge on any atom is 0.242 e. The number of unbranched alkanes of at least 4 members (excludes halogenated alkanes) is 1. The predicted molar refractivity (Wildman–Crippen MR) is 101 cm³/mol. The fourth-order valence-electron chi connectivity index (χ4n) is 3.30.